The predicted octanol–water partition coefficient (Wildman–Crippen LogP) is 3.32. The number of pyridine rings is 1. The van der Waals surface area contributed by atoms with Crippen molar-refractivity contribution in [3.8, 4) is 11.4 Å². The number of benzene rings is 1. The maximum Gasteiger partial charge on any atom is 0.411 e. The van der Waals surface area contributed by atoms with E-state index in [1.165, 1.54) is 6.20 Å². The molecule has 2 aromatic heterocycles. The Kier molecular flexibility index (Phi) is 7.74. The molecule has 170 valence electrons. The molecule has 0 unspecified atom stereocenters. The number of nitrogens with one attached hydrogen (secondary N) is 3. The molecule has 1 aromatic carbocycles. The molecule has 0 atom stereocenters. The summed E-state index contributed by atoms with van der Waals surface area (Å²) in [5.74, 6) is 0.352. The van der Waals surface area contributed by atoms with E-state index in [0.29, 0.717) is 41.2 Å². The van der Waals surface area contributed by atoms with Crippen molar-refractivity contribution in [3.63, 3.8) is 0 Å². The van der Waals surface area contributed by atoms with E-state index >= 15 is 0 Å². The molecule has 0 saturated heterocycles. The summed E-state index contributed by atoms with van der Waals surface area (Å²) in [4.78, 5) is 36.2. The molecule has 10 heteroatoms. The molecular weight excluding hydrogens is 414 g/mol. The summed E-state index contributed by atoms with van der Waals surface area (Å²) >= 11 is 0. The van der Waals surface area contributed by atoms with Gasteiger partial charge in [-0.1, -0.05) is 12.1 Å². The number of carbonyl (C=O) groups is 2. The van der Waals surface area contributed by atoms with E-state index in [0.717, 1.165) is 5.56 Å². The summed E-state index contributed by atoms with van der Waals surface area (Å²) in [6, 6.07) is 8.83. The molecule has 0 spiro atoms. The maximum atomic E-state index is 12.5. The number of rotatable bonds is 9. The molecule has 10 nitrogen and oxygen atoms in total. The van der Waals surface area contributed by atoms with Gasteiger partial charge in [0.15, 0.2) is 11.9 Å². The minimum atomic E-state index is -0.554. The number of carbonyl (C=O) groups excluding carboxylic acids is 2. The van der Waals surface area contributed by atoms with E-state index in [9.17, 15) is 9.59 Å². The molecular formula is C22H27N5O5. The van der Waals surface area contributed by atoms with Crippen LogP contribution in [0.25, 0.3) is 22.6 Å². The van der Waals surface area contributed by atoms with Crippen molar-refractivity contribution in [1.82, 2.24) is 20.3 Å². The first-order valence-corrected chi connectivity index (χ1v) is 10.2. The van der Waals surface area contributed by atoms with Crippen LogP contribution in [-0.4, -0.2) is 60.1 Å². The summed E-state index contributed by atoms with van der Waals surface area (Å²) < 4.78 is 15.3. The lowest BCUT2D eigenvalue weighted by molar-refractivity contribution is -0.105. The van der Waals surface area contributed by atoms with Crippen LogP contribution in [0.2, 0.25) is 0 Å². The molecule has 2 amide bonds. The molecule has 0 radical (unpaired) electrons. The van der Waals surface area contributed by atoms with Crippen LogP contribution < -0.4 is 10.6 Å². The molecule has 0 saturated carbocycles. The SMILES string of the molecule is COC(CCNC(=O)c1cccc(-c2nc3ncc(NC(=O)OC(C)C)cc3[nH]2)c1)OC. The van der Waals surface area contributed by atoms with Crippen LogP contribution in [-0.2, 0) is 14.2 Å². The highest BCUT2D eigenvalue weighted by atomic mass is 16.7. The number of H-pyrrole nitrogens is 1. The summed E-state index contributed by atoms with van der Waals surface area (Å²) in [6.45, 7) is 3.96. The van der Waals surface area contributed by atoms with E-state index in [4.69, 9.17) is 14.2 Å². The fourth-order valence-electron chi connectivity index (χ4n) is 3.01. The van der Waals surface area contributed by atoms with Crippen LogP contribution in [0.5, 0.6) is 0 Å². The van der Waals surface area contributed by atoms with Gasteiger partial charge in [0.25, 0.3) is 5.91 Å². The number of aromatic amines is 1. The lowest BCUT2D eigenvalue weighted by Crippen LogP contribution is -2.28. The van der Waals surface area contributed by atoms with Crippen molar-refractivity contribution in [3.05, 3.63) is 42.1 Å². The molecule has 3 aromatic rings. The number of aromatic nitrogens is 3. The van der Waals surface area contributed by atoms with Crippen molar-refractivity contribution >= 4 is 28.9 Å². The van der Waals surface area contributed by atoms with Gasteiger partial charge in [-0.05, 0) is 32.0 Å². The molecule has 0 fully saturated rings. The zero-order chi connectivity index (χ0) is 23.1. The van der Waals surface area contributed by atoms with Crippen molar-refractivity contribution in [2.75, 3.05) is 26.1 Å². The lowest BCUT2D eigenvalue weighted by Gasteiger charge is -2.13. The average molecular weight is 441 g/mol. The number of ether oxygens (including phenoxy) is 3. The van der Waals surface area contributed by atoms with E-state index in [2.05, 4.69) is 25.6 Å². The smallest absolute Gasteiger partial charge is 0.411 e. The Bertz CT molecular complexity index is 1080. The summed E-state index contributed by atoms with van der Waals surface area (Å²) in [6.07, 6.45) is 0.898. The Balaban J connectivity index is 1.71. The van der Waals surface area contributed by atoms with Gasteiger partial charge >= 0.3 is 6.09 Å². The van der Waals surface area contributed by atoms with Crippen molar-refractivity contribution in [2.24, 2.45) is 0 Å². The average Bonchev–Trinajstić information content (AvgIpc) is 3.19. The van der Waals surface area contributed by atoms with E-state index < -0.39 is 6.09 Å². The fourth-order valence-corrected chi connectivity index (χ4v) is 3.01. The van der Waals surface area contributed by atoms with E-state index in [1.54, 1.807) is 52.3 Å². The third-order valence-corrected chi connectivity index (χ3v) is 4.52. The lowest BCUT2D eigenvalue weighted by atomic mass is 10.1. The van der Waals surface area contributed by atoms with Gasteiger partial charge in [0.1, 0.15) is 5.82 Å². The van der Waals surface area contributed by atoms with Crippen molar-refractivity contribution in [1.29, 1.82) is 0 Å². The second kappa shape index (κ2) is 10.7. The predicted molar refractivity (Wildman–Crippen MR) is 119 cm³/mol. The Morgan fingerprint density at radius 1 is 1.16 bits per heavy atom. The van der Waals surface area contributed by atoms with Gasteiger partial charge in [-0.25, -0.2) is 14.8 Å². The minimum Gasteiger partial charge on any atom is -0.447 e. The second-order valence-electron chi connectivity index (χ2n) is 7.29. The van der Waals surface area contributed by atoms with Gasteiger partial charge in [0.2, 0.25) is 0 Å². The molecule has 0 aliphatic rings. The van der Waals surface area contributed by atoms with Crippen LogP contribution in [0.3, 0.4) is 0 Å². The zero-order valence-corrected chi connectivity index (χ0v) is 18.5. The molecule has 0 bridgehead atoms. The number of imidazole rings is 1. The number of hydrogen-bond acceptors (Lipinski definition) is 7. The quantitative estimate of drug-likeness (QED) is 0.435. The molecule has 2 heterocycles. The first-order valence-electron chi connectivity index (χ1n) is 10.2. The Morgan fingerprint density at radius 2 is 1.94 bits per heavy atom. The minimum absolute atomic E-state index is 0.206. The van der Waals surface area contributed by atoms with E-state index in [1.807, 2.05) is 6.07 Å². The highest BCUT2D eigenvalue weighted by molar-refractivity contribution is 5.95. The standard InChI is InChI=1S/C22H27N5O5/c1-13(2)32-22(29)25-16-11-17-20(24-12-16)27-19(26-17)14-6-5-7-15(10-14)21(28)23-9-8-18(30-3)31-4/h5-7,10-13,18H,8-9H2,1-4H3,(H,23,28)(H,25,29)(H,24,26,27). The van der Waals surface area contributed by atoms with Crippen LogP contribution >= 0.6 is 0 Å². The van der Waals surface area contributed by atoms with Gasteiger partial charge < -0.3 is 24.5 Å². The Hall–Kier alpha value is -3.50. The normalized spacial score (nSPS) is 11.2. The number of nitrogens with zero attached hydrogens (tertiary/aromatic N) is 2. The van der Waals surface area contributed by atoms with Crippen LogP contribution in [0.4, 0.5) is 10.5 Å². The zero-order valence-electron chi connectivity index (χ0n) is 18.5. The first kappa shape index (κ1) is 23.2. The Labute approximate surface area is 185 Å². The molecule has 0 aliphatic heterocycles. The highest BCUT2D eigenvalue weighted by Gasteiger charge is 2.13. The molecule has 3 rings (SSSR count). The van der Waals surface area contributed by atoms with Gasteiger partial charge in [0, 0.05) is 38.3 Å². The first-order chi connectivity index (χ1) is 15.4. The maximum absolute atomic E-state index is 12.5. The second-order valence-corrected chi connectivity index (χ2v) is 7.29. The van der Waals surface area contributed by atoms with Gasteiger partial charge in [0.05, 0.1) is 23.5 Å². The summed E-state index contributed by atoms with van der Waals surface area (Å²) in [7, 11) is 3.11. The molecule has 3 N–H and O–H groups in total. The summed E-state index contributed by atoms with van der Waals surface area (Å²) in [5.41, 5.74) is 2.85. The van der Waals surface area contributed by atoms with Gasteiger partial charge in [-0.2, -0.15) is 0 Å². The van der Waals surface area contributed by atoms with Crippen molar-refractivity contribution in [2.45, 2.75) is 32.7 Å². The molecule has 32 heavy (non-hydrogen) atoms. The number of hydrogen-bond donors (Lipinski definition) is 3. The number of fused-ring (bicyclic) bond motifs is 1. The molecule has 0 aliphatic carbocycles. The number of methoxy groups -OCH3 is 2. The van der Waals surface area contributed by atoms with Crippen LogP contribution in [0.1, 0.15) is 30.6 Å². The summed E-state index contributed by atoms with van der Waals surface area (Å²) in [5, 5.41) is 5.48. The van der Waals surface area contributed by atoms with Gasteiger partial charge in [-0.3, -0.25) is 10.1 Å². The third kappa shape index (κ3) is 6.02. The van der Waals surface area contributed by atoms with Crippen LogP contribution in [0.15, 0.2) is 36.5 Å². The highest BCUT2D eigenvalue weighted by Crippen LogP contribution is 2.22. The number of anilines is 1. The van der Waals surface area contributed by atoms with Crippen LogP contribution in [0, 0.1) is 0 Å². The monoisotopic (exact) mass is 441 g/mol. The van der Waals surface area contributed by atoms with Gasteiger partial charge in [-0.15, -0.1) is 0 Å². The van der Waals surface area contributed by atoms with Crippen molar-refractivity contribution < 1.29 is 23.8 Å². The number of amides is 2. The largest absolute Gasteiger partial charge is 0.447 e. The third-order valence-electron chi connectivity index (χ3n) is 4.52. The van der Waals surface area contributed by atoms with E-state index in [-0.39, 0.29) is 18.3 Å². The fraction of sp³-hybridized carbons (Fsp3) is 0.364. The topological polar surface area (TPSA) is 127 Å². The Morgan fingerprint density at radius 3 is 2.66 bits per heavy atom.